The van der Waals surface area contributed by atoms with Gasteiger partial charge in [0.2, 0.25) is 5.91 Å². The SMILES string of the molecule is COCCOCCOc1ccc(Oc2ccc(NC(=O)C[C@@H]3[C@@H]4COc5c(F)ccc(F)c5[C@H]34)nc2)cc1. The van der Waals surface area contributed by atoms with Crippen LogP contribution < -0.4 is 19.5 Å². The number of methoxy groups -OCH3 is 1. The van der Waals surface area contributed by atoms with Gasteiger partial charge in [-0.3, -0.25) is 4.79 Å². The van der Waals surface area contributed by atoms with Crippen molar-refractivity contribution in [1.29, 1.82) is 0 Å². The van der Waals surface area contributed by atoms with Crippen molar-refractivity contribution in [3.8, 4) is 23.0 Å². The molecule has 1 aliphatic heterocycles. The van der Waals surface area contributed by atoms with Crippen LogP contribution in [0.15, 0.2) is 54.7 Å². The van der Waals surface area contributed by atoms with Crippen LogP contribution in [0.4, 0.5) is 14.6 Å². The molecule has 1 amide bonds. The van der Waals surface area contributed by atoms with Crippen LogP contribution in [0, 0.1) is 23.5 Å². The van der Waals surface area contributed by atoms with Gasteiger partial charge in [-0.05, 0) is 54.4 Å². The molecule has 8 nitrogen and oxygen atoms in total. The molecule has 2 aliphatic rings. The van der Waals surface area contributed by atoms with Crippen LogP contribution in [0.25, 0.3) is 0 Å². The van der Waals surface area contributed by atoms with Crippen LogP contribution in [0.2, 0.25) is 0 Å². The van der Waals surface area contributed by atoms with Crippen molar-refractivity contribution >= 4 is 11.7 Å². The first-order valence-electron chi connectivity index (χ1n) is 12.4. The van der Waals surface area contributed by atoms with Gasteiger partial charge in [0.25, 0.3) is 0 Å². The number of carbonyl (C=O) groups is 1. The number of nitrogens with one attached hydrogen (secondary N) is 1. The van der Waals surface area contributed by atoms with E-state index in [1.54, 1.807) is 43.5 Å². The van der Waals surface area contributed by atoms with Crippen molar-refractivity contribution in [2.75, 3.05) is 45.5 Å². The number of hydrogen-bond donors (Lipinski definition) is 1. The number of hydrogen-bond acceptors (Lipinski definition) is 7. The lowest BCUT2D eigenvalue weighted by molar-refractivity contribution is -0.116. The molecule has 1 N–H and O–H groups in total. The summed E-state index contributed by atoms with van der Waals surface area (Å²) in [4.78, 5) is 16.8. The van der Waals surface area contributed by atoms with Gasteiger partial charge in [-0.1, -0.05) is 0 Å². The lowest BCUT2D eigenvalue weighted by atomic mass is 10.0. The monoisotopic (exact) mass is 526 g/mol. The molecule has 0 unspecified atom stereocenters. The number of fused-ring (bicyclic) bond motifs is 3. The average molecular weight is 527 g/mol. The molecule has 1 aliphatic carbocycles. The average Bonchev–Trinajstić information content (AvgIpc) is 3.62. The van der Waals surface area contributed by atoms with E-state index >= 15 is 0 Å². The third kappa shape index (κ3) is 6.03. The fourth-order valence-electron chi connectivity index (χ4n) is 4.69. The Morgan fingerprint density at radius 2 is 1.71 bits per heavy atom. The lowest BCUT2D eigenvalue weighted by Crippen LogP contribution is -2.14. The van der Waals surface area contributed by atoms with Gasteiger partial charge < -0.3 is 29.0 Å². The molecule has 0 radical (unpaired) electrons. The predicted octanol–water partition coefficient (Wildman–Crippen LogP) is 4.94. The third-order valence-corrected chi connectivity index (χ3v) is 6.59. The summed E-state index contributed by atoms with van der Waals surface area (Å²) in [5, 5.41) is 2.76. The Kier molecular flexibility index (Phi) is 8.00. The summed E-state index contributed by atoms with van der Waals surface area (Å²) in [6.45, 7) is 2.25. The maximum absolute atomic E-state index is 14.3. The van der Waals surface area contributed by atoms with Gasteiger partial charge in [-0.2, -0.15) is 0 Å². The maximum atomic E-state index is 14.3. The predicted molar refractivity (Wildman–Crippen MR) is 134 cm³/mol. The summed E-state index contributed by atoms with van der Waals surface area (Å²) in [6.07, 6.45) is 1.68. The number of amides is 1. The molecule has 200 valence electrons. The molecule has 5 rings (SSSR count). The molecule has 3 atom stereocenters. The Balaban J connectivity index is 1.08. The number of benzene rings is 2. The van der Waals surface area contributed by atoms with Crippen LogP contribution in [0.1, 0.15) is 17.9 Å². The van der Waals surface area contributed by atoms with E-state index in [4.69, 9.17) is 23.7 Å². The van der Waals surface area contributed by atoms with Crippen molar-refractivity contribution in [1.82, 2.24) is 4.98 Å². The molecule has 1 fully saturated rings. The first-order chi connectivity index (χ1) is 18.5. The van der Waals surface area contributed by atoms with E-state index in [2.05, 4.69) is 10.3 Å². The minimum absolute atomic E-state index is 0.000645. The molecular formula is C28H28F2N2O6. The molecule has 2 heterocycles. The highest BCUT2D eigenvalue weighted by Crippen LogP contribution is 2.61. The van der Waals surface area contributed by atoms with Crippen molar-refractivity contribution < 1.29 is 37.3 Å². The number of rotatable bonds is 12. The molecule has 10 heteroatoms. The molecule has 2 aromatic carbocycles. The fourth-order valence-corrected chi connectivity index (χ4v) is 4.69. The van der Waals surface area contributed by atoms with Gasteiger partial charge in [-0.15, -0.1) is 0 Å². The number of anilines is 1. The van der Waals surface area contributed by atoms with E-state index in [9.17, 15) is 13.6 Å². The molecule has 3 aromatic rings. The smallest absolute Gasteiger partial charge is 0.225 e. The van der Waals surface area contributed by atoms with Gasteiger partial charge in [0.05, 0.1) is 32.6 Å². The summed E-state index contributed by atoms with van der Waals surface area (Å²) >= 11 is 0. The summed E-state index contributed by atoms with van der Waals surface area (Å²) in [5.74, 6) is 0.503. The Bertz CT molecular complexity index is 1260. The minimum Gasteiger partial charge on any atom is -0.491 e. The van der Waals surface area contributed by atoms with Crippen LogP contribution in [-0.2, 0) is 14.3 Å². The van der Waals surface area contributed by atoms with Gasteiger partial charge in [0.1, 0.15) is 35.5 Å². The molecule has 0 spiro atoms. The quantitative estimate of drug-likeness (QED) is 0.334. The number of pyridine rings is 1. The van der Waals surface area contributed by atoms with Crippen LogP contribution in [0.5, 0.6) is 23.0 Å². The molecule has 0 saturated heterocycles. The second kappa shape index (κ2) is 11.7. The van der Waals surface area contributed by atoms with E-state index in [0.717, 1.165) is 12.1 Å². The first kappa shape index (κ1) is 25.9. The summed E-state index contributed by atoms with van der Waals surface area (Å²) in [5.41, 5.74) is 0.241. The number of carbonyl (C=O) groups excluding carboxylic acids is 1. The largest absolute Gasteiger partial charge is 0.491 e. The number of ether oxygens (including phenoxy) is 5. The van der Waals surface area contributed by atoms with E-state index in [1.165, 1.54) is 6.20 Å². The fraction of sp³-hybridized carbons (Fsp3) is 0.357. The zero-order valence-corrected chi connectivity index (χ0v) is 20.8. The van der Waals surface area contributed by atoms with Gasteiger partial charge in [0.15, 0.2) is 11.6 Å². The topological polar surface area (TPSA) is 88.1 Å². The van der Waals surface area contributed by atoms with E-state index < -0.39 is 11.6 Å². The first-order valence-corrected chi connectivity index (χ1v) is 12.4. The zero-order valence-electron chi connectivity index (χ0n) is 20.8. The molecular weight excluding hydrogens is 498 g/mol. The van der Waals surface area contributed by atoms with E-state index in [-0.39, 0.29) is 48.0 Å². The second-order valence-electron chi connectivity index (χ2n) is 9.10. The second-order valence-corrected chi connectivity index (χ2v) is 9.10. The highest BCUT2D eigenvalue weighted by atomic mass is 19.1. The number of aromatic nitrogens is 1. The van der Waals surface area contributed by atoms with Gasteiger partial charge in [-0.25, -0.2) is 13.8 Å². The van der Waals surface area contributed by atoms with Gasteiger partial charge >= 0.3 is 0 Å². The van der Waals surface area contributed by atoms with E-state index in [0.29, 0.717) is 49.5 Å². The summed E-state index contributed by atoms with van der Waals surface area (Å²) in [6, 6.07) is 12.7. The van der Waals surface area contributed by atoms with Crippen molar-refractivity contribution in [3.05, 3.63) is 71.9 Å². The summed E-state index contributed by atoms with van der Waals surface area (Å²) < 4.78 is 55.4. The number of halogens is 2. The Hall–Kier alpha value is -3.76. The molecule has 0 bridgehead atoms. The highest BCUT2D eigenvalue weighted by molar-refractivity contribution is 5.90. The summed E-state index contributed by atoms with van der Waals surface area (Å²) in [7, 11) is 1.62. The normalized spacial score (nSPS) is 19.1. The zero-order chi connectivity index (χ0) is 26.5. The number of nitrogens with zero attached hydrogens (tertiary/aromatic N) is 1. The van der Waals surface area contributed by atoms with Crippen molar-refractivity contribution in [2.45, 2.75) is 12.3 Å². The lowest BCUT2D eigenvalue weighted by Gasteiger charge is -2.17. The Morgan fingerprint density at radius 1 is 0.974 bits per heavy atom. The Morgan fingerprint density at radius 3 is 2.47 bits per heavy atom. The van der Waals surface area contributed by atoms with Crippen molar-refractivity contribution in [2.24, 2.45) is 11.8 Å². The van der Waals surface area contributed by atoms with Crippen LogP contribution in [-0.4, -0.2) is 51.0 Å². The van der Waals surface area contributed by atoms with E-state index in [1.807, 2.05) is 0 Å². The molecule has 1 aromatic heterocycles. The minimum atomic E-state index is -0.578. The van der Waals surface area contributed by atoms with Crippen LogP contribution >= 0.6 is 0 Å². The molecule has 38 heavy (non-hydrogen) atoms. The van der Waals surface area contributed by atoms with Crippen molar-refractivity contribution in [3.63, 3.8) is 0 Å². The van der Waals surface area contributed by atoms with Gasteiger partial charge in [0, 0.05) is 30.9 Å². The van der Waals surface area contributed by atoms with Crippen LogP contribution in [0.3, 0.4) is 0 Å². The molecule has 1 saturated carbocycles. The maximum Gasteiger partial charge on any atom is 0.225 e. The highest BCUT2D eigenvalue weighted by Gasteiger charge is 2.56. The standard InChI is InChI=1S/C28H28F2N2O6/c1-34-10-11-35-12-13-36-17-2-4-18(5-3-17)38-19-6-9-24(31-15-19)32-25(33)14-20-21-16-37-28-23(30)8-7-22(29)27(28)26(20)21/h2-9,15,20-21,26H,10-14,16H2,1H3,(H,31,32,33)/t20-,21+,26-/m1/s1. The Labute approximate surface area is 218 Å². The third-order valence-electron chi connectivity index (χ3n) is 6.59.